The Morgan fingerprint density at radius 3 is 2.67 bits per heavy atom. The number of nitrogens with two attached hydrogens (primary N) is 1. The van der Waals surface area contributed by atoms with Gasteiger partial charge >= 0.3 is 0 Å². The van der Waals surface area contributed by atoms with Gasteiger partial charge < -0.3 is 10.5 Å². The maximum absolute atomic E-state index is 6.77. The van der Waals surface area contributed by atoms with Crippen LogP contribution in [0.15, 0.2) is 29.6 Å². The van der Waals surface area contributed by atoms with E-state index in [2.05, 4.69) is 36.6 Å². The van der Waals surface area contributed by atoms with Gasteiger partial charge in [0.15, 0.2) is 0 Å². The monoisotopic (exact) mass is 303 g/mol. The summed E-state index contributed by atoms with van der Waals surface area (Å²) >= 11 is 1.79. The molecular weight excluding hydrogens is 278 g/mol. The van der Waals surface area contributed by atoms with Gasteiger partial charge in [-0.05, 0) is 42.2 Å². The third-order valence-corrected chi connectivity index (χ3v) is 5.77. The Kier molecular flexibility index (Phi) is 4.63. The summed E-state index contributed by atoms with van der Waals surface area (Å²) in [6.45, 7) is 2.83. The van der Waals surface area contributed by atoms with Crippen LogP contribution in [0, 0.1) is 0 Å². The van der Waals surface area contributed by atoms with Gasteiger partial charge in [0.2, 0.25) is 0 Å². The summed E-state index contributed by atoms with van der Waals surface area (Å²) in [4.78, 5) is 0. The summed E-state index contributed by atoms with van der Waals surface area (Å²) in [7, 11) is 0. The second-order valence-corrected chi connectivity index (χ2v) is 6.99. The molecule has 1 atom stereocenters. The molecule has 21 heavy (non-hydrogen) atoms. The molecule has 1 saturated carbocycles. The first kappa shape index (κ1) is 15.0. The summed E-state index contributed by atoms with van der Waals surface area (Å²) in [5.41, 5.74) is 7.85. The van der Waals surface area contributed by atoms with E-state index in [1.165, 1.54) is 41.3 Å². The Morgan fingerprint density at radius 1 is 1.19 bits per heavy atom. The molecule has 0 saturated heterocycles. The van der Waals surface area contributed by atoms with Gasteiger partial charge in [-0.25, -0.2) is 0 Å². The van der Waals surface area contributed by atoms with Gasteiger partial charge in [-0.3, -0.25) is 0 Å². The maximum Gasteiger partial charge on any atom is 0.0874 e. The van der Waals surface area contributed by atoms with E-state index in [1.807, 2.05) is 0 Å². The molecule has 2 N–H and O–H groups in total. The van der Waals surface area contributed by atoms with Crippen LogP contribution in [0.1, 0.15) is 57.1 Å². The predicted molar refractivity (Wildman–Crippen MR) is 90.8 cm³/mol. The molecule has 0 spiro atoms. The van der Waals surface area contributed by atoms with Crippen molar-refractivity contribution in [1.82, 2.24) is 0 Å². The number of fused-ring (bicyclic) bond motifs is 1. The molecule has 2 aromatic rings. The van der Waals surface area contributed by atoms with Crippen molar-refractivity contribution >= 4 is 21.4 Å². The van der Waals surface area contributed by atoms with E-state index in [4.69, 9.17) is 10.5 Å². The number of benzene rings is 1. The Hall–Kier alpha value is -0.900. The number of hydrogen-bond donors (Lipinski definition) is 1. The van der Waals surface area contributed by atoms with Crippen LogP contribution in [0.5, 0.6) is 0 Å². The Bertz CT molecular complexity index is 584. The minimum atomic E-state index is -0.177. The highest BCUT2D eigenvalue weighted by atomic mass is 32.1. The minimum absolute atomic E-state index is 0.0297. The quantitative estimate of drug-likeness (QED) is 0.804. The molecule has 1 aromatic carbocycles. The average Bonchev–Trinajstić information content (AvgIpc) is 2.86. The van der Waals surface area contributed by atoms with Crippen molar-refractivity contribution < 1.29 is 4.74 Å². The first-order valence-corrected chi connectivity index (χ1v) is 9.00. The van der Waals surface area contributed by atoms with Gasteiger partial charge in [0.25, 0.3) is 0 Å². The molecule has 1 fully saturated rings. The largest absolute Gasteiger partial charge is 0.373 e. The molecule has 1 unspecified atom stereocenters. The van der Waals surface area contributed by atoms with Crippen LogP contribution >= 0.6 is 11.3 Å². The van der Waals surface area contributed by atoms with E-state index in [0.717, 1.165) is 19.4 Å². The van der Waals surface area contributed by atoms with Gasteiger partial charge in [0.05, 0.1) is 11.6 Å². The van der Waals surface area contributed by atoms with Crippen molar-refractivity contribution in [3.8, 4) is 0 Å². The standard InChI is InChI=1S/C18H25NOS/c1-2-20-18(11-5-3-4-6-12-18)17(19)15-9-7-8-14-10-13-21-16(14)15/h7-10,13,17H,2-6,11-12,19H2,1H3. The lowest BCUT2D eigenvalue weighted by atomic mass is 9.82. The van der Waals surface area contributed by atoms with Crippen molar-refractivity contribution in [1.29, 1.82) is 0 Å². The van der Waals surface area contributed by atoms with Crippen LogP contribution in [-0.2, 0) is 4.74 Å². The maximum atomic E-state index is 6.77. The van der Waals surface area contributed by atoms with Gasteiger partial charge in [0.1, 0.15) is 0 Å². The van der Waals surface area contributed by atoms with Crippen molar-refractivity contribution in [2.24, 2.45) is 5.73 Å². The van der Waals surface area contributed by atoms with E-state index in [9.17, 15) is 0 Å². The van der Waals surface area contributed by atoms with Crippen molar-refractivity contribution in [2.45, 2.75) is 57.1 Å². The zero-order chi connectivity index (χ0) is 14.7. The molecule has 0 bridgehead atoms. The molecule has 1 aliphatic rings. The van der Waals surface area contributed by atoms with Crippen LogP contribution in [0.25, 0.3) is 10.1 Å². The predicted octanol–water partition coefficient (Wildman–Crippen LogP) is 5.03. The number of rotatable bonds is 4. The van der Waals surface area contributed by atoms with Crippen molar-refractivity contribution in [2.75, 3.05) is 6.61 Å². The molecule has 2 nitrogen and oxygen atoms in total. The SMILES string of the molecule is CCOC1(C(N)c2cccc3ccsc23)CCCCCC1. The Labute approximate surface area is 131 Å². The fraction of sp³-hybridized carbons (Fsp3) is 0.556. The molecule has 1 heterocycles. The molecule has 3 heteroatoms. The van der Waals surface area contributed by atoms with Gasteiger partial charge in [-0.1, -0.05) is 43.9 Å². The third kappa shape index (κ3) is 2.87. The zero-order valence-electron chi connectivity index (χ0n) is 12.8. The fourth-order valence-electron chi connectivity index (χ4n) is 3.70. The van der Waals surface area contributed by atoms with E-state index in [0.29, 0.717) is 0 Å². The number of hydrogen-bond acceptors (Lipinski definition) is 3. The fourth-order valence-corrected chi connectivity index (χ4v) is 4.66. The topological polar surface area (TPSA) is 35.2 Å². The van der Waals surface area contributed by atoms with Gasteiger partial charge in [-0.2, -0.15) is 0 Å². The highest BCUT2D eigenvalue weighted by molar-refractivity contribution is 7.17. The lowest BCUT2D eigenvalue weighted by molar-refractivity contribution is -0.0692. The summed E-state index contributed by atoms with van der Waals surface area (Å²) in [5.74, 6) is 0. The molecule has 0 radical (unpaired) electrons. The molecule has 1 aromatic heterocycles. The van der Waals surface area contributed by atoms with E-state index in [1.54, 1.807) is 11.3 Å². The van der Waals surface area contributed by atoms with Gasteiger partial charge in [0, 0.05) is 11.3 Å². The molecule has 0 amide bonds. The number of ether oxygens (including phenoxy) is 1. The number of thiophene rings is 1. The average molecular weight is 303 g/mol. The third-order valence-electron chi connectivity index (χ3n) is 4.79. The van der Waals surface area contributed by atoms with E-state index in [-0.39, 0.29) is 11.6 Å². The van der Waals surface area contributed by atoms with E-state index >= 15 is 0 Å². The van der Waals surface area contributed by atoms with Crippen LogP contribution in [-0.4, -0.2) is 12.2 Å². The Morgan fingerprint density at radius 2 is 1.95 bits per heavy atom. The Balaban J connectivity index is 2.00. The van der Waals surface area contributed by atoms with Gasteiger partial charge in [-0.15, -0.1) is 11.3 Å². The lowest BCUT2D eigenvalue weighted by Crippen LogP contribution is -2.43. The summed E-state index contributed by atoms with van der Waals surface area (Å²) in [6.07, 6.45) is 7.26. The lowest BCUT2D eigenvalue weighted by Gasteiger charge is -2.38. The molecular formula is C18H25NOS. The van der Waals surface area contributed by atoms with Crippen molar-refractivity contribution in [3.05, 3.63) is 35.2 Å². The molecule has 1 aliphatic carbocycles. The summed E-state index contributed by atoms with van der Waals surface area (Å²) in [5, 5.41) is 3.45. The highest BCUT2D eigenvalue weighted by Crippen LogP contribution is 2.42. The summed E-state index contributed by atoms with van der Waals surface area (Å²) in [6, 6.07) is 8.63. The van der Waals surface area contributed by atoms with Crippen LogP contribution in [0.2, 0.25) is 0 Å². The highest BCUT2D eigenvalue weighted by Gasteiger charge is 2.39. The van der Waals surface area contributed by atoms with Crippen LogP contribution in [0.3, 0.4) is 0 Å². The first-order chi connectivity index (χ1) is 10.3. The molecule has 0 aliphatic heterocycles. The molecule has 114 valence electrons. The zero-order valence-corrected chi connectivity index (χ0v) is 13.6. The first-order valence-electron chi connectivity index (χ1n) is 8.12. The van der Waals surface area contributed by atoms with Crippen molar-refractivity contribution in [3.63, 3.8) is 0 Å². The second-order valence-electron chi connectivity index (χ2n) is 6.08. The second kappa shape index (κ2) is 6.47. The van der Waals surface area contributed by atoms with Crippen LogP contribution in [0.4, 0.5) is 0 Å². The summed E-state index contributed by atoms with van der Waals surface area (Å²) < 4.78 is 7.60. The van der Waals surface area contributed by atoms with Crippen LogP contribution < -0.4 is 5.73 Å². The minimum Gasteiger partial charge on any atom is -0.373 e. The smallest absolute Gasteiger partial charge is 0.0874 e. The molecule has 3 rings (SSSR count). The normalized spacial score (nSPS) is 20.3. The van der Waals surface area contributed by atoms with E-state index < -0.39 is 0 Å².